The zero-order valence-corrected chi connectivity index (χ0v) is 16.2. The van der Waals surface area contributed by atoms with Crippen LogP contribution >= 0.6 is 0 Å². The third-order valence-electron chi connectivity index (χ3n) is 5.14. The Bertz CT molecular complexity index is 780. The molecule has 0 unspecified atom stereocenters. The van der Waals surface area contributed by atoms with Crippen LogP contribution in [0.25, 0.3) is 0 Å². The number of carbonyl (C=O) groups is 2. The van der Waals surface area contributed by atoms with Gasteiger partial charge in [-0.1, -0.05) is 81.4 Å². The van der Waals surface area contributed by atoms with Crippen molar-refractivity contribution in [3.05, 3.63) is 71.8 Å². The van der Waals surface area contributed by atoms with Crippen LogP contribution in [0.4, 0.5) is 4.79 Å². The predicted octanol–water partition coefficient (Wildman–Crippen LogP) is 4.48. The van der Waals surface area contributed by atoms with E-state index in [1.54, 1.807) is 0 Å². The summed E-state index contributed by atoms with van der Waals surface area (Å²) in [5, 5.41) is 0. The first kappa shape index (κ1) is 19.2. The monoisotopic (exact) mass is 365 g/mol. The molecule has 2 atom stereocenters. The van der Waals surface area contributed by atoms with E-state index in [-0.39, 0.29) is 29.9 Å². The van der Waals surface area contributed by atoms with E-state index in [0.29, 0.717) is 12.8 Å². The molecule has 0 N–H and O–H groups in total. The third-order valence-corrected chi connectivity index (χ3v) is 5.14. The van der Waals surface area contributed by atoms with Crippen LogP contribution in [0.1, 0.15) is 31.9 Å². The van der Waals surface area contributed by atoms with Gasteiger partial charge in [-0.25, -0.2) is 9.69 Å². The van der Waals surface area contributed by atoms with Crippen LogP contribution in [0.5, 0.6) is 0 Å². The van der Waals surface area contributed by atoms with Crippen LogP contribution in [0.3, 0.4) is 0 Å². The van der Waals surface area contributed by atoms with Crippen LogP contribution in [-0.4, -0.2) is 29.5 Å². The number of amides is 2. The van der Waals surface area contributed by atoms with E-state index < -0.39 is 6.09 Å². The van der Waals surface area contributed by atoms with E-state index >= 15 is 0 Å². The predicted molar refractivity (Wildman–Crippen MR) is 105 cm³/mol. The molecule has 1 aliphatic heterocycles. The van der Waals surface area contributed by atoms with Crippen molar-refractivity contribution in [1.82, 2.24) is 4.90 Å². The second kappa shape index (κ2) is 7.95. The van der Waals surface area contributed by atoms with Gasteiger partial charge in [0.1, 0.15) is 6.61 Å². The molecule has 0 bridgehead atoms. The summed E-state index contributed by atoms with van der Waals surface area (Å²) in [4.78, 5) is 27.2. The standard InChI is InChI=1S/C23H27NO3/c1-23(2,3)20(15-18-12-8-5-9-13-18)21(25)24-19(16-27-22(24)26)14-17-10-6-4-7-11-17/h4-13,19-20H,14-16H2,1-3H3/t19-,20+/m0/s1. The molecule has 1 saturated heterocycles. The van der Waals surface area contributed by atoms with E-state index in [9.17, 15) is 9.59 Å². The number of hydrogen-bond donors (Lipinski definition) is 0. The molecule has 3 rings (SSSR count). The van der Waals surface area contributed by atoms with Crippen molar-refractivity contribution in [2.75, 3.05) is 6.61 Å². The van der Waals surface area contributed by atoms with Crippen molar-refractivity contribution in [2.24, 2.45) is 11.3 Å². The molecule has 0 radical (unpaired) electrons. The van der Waals surface area contributed by atoms with E-state index in [4.69, 9.17) is 4.74 Å². The maximum Gasteiger partial charge on any atom is 0.416 e. The normalized spacial score (nSPS) is 18.3. The third kappa shape index (κ3) is 4.57. The number of hydrogen-bond acceptors (Lipinski definition) is 3. The molecule has 4 nitrogen and oxygen atoms in total. The molecule has 1 heterocycles. The summed E-state index contributed by atoms with van der Waals surface area (Å²) in [6.45, 7) is 6.39. The Morgan fingerprint density at radius 2 is 1.59 bits per heavy atom. The number of ether oxygens (including phenoxy) is 1. The molecule has 142 valence electrons. The van der Waals surface area contributed by atoms with Gasteiger partial charge in [0.05, 0.1) is 6.04 Å². The Hall–Kier alpha value is -2.62. The number of nitrogens with zero attached hydrogens (tertiary/aromatic N) is 1. The summed E-state index contributed by atoms with van der Waals surface area (Å²) >= 11 is 0. The molecule has 4 heteroatoms. The van der Waals surface area contributed by atoms with Crippen molar-refractivity contribution < 1.29 is 14.3 Å². The van der Waals surface area contributed by atoms with E-state index in [1.165, 1.54) is 4.90 Å². The summed E-state index contributed by atoms with van der Waals surface area (Å²) in [5.74, 6) is -0.446. The second-order valence-corrected chi connectivity index (χ2v) is 8.24. The molecule has 2 amide bonds. The molecule has 0 spiro atoms. The lowest BCUT2D eigenvalue weighted by atomic mass is 9.76. The average Bonchev–Trinajstić information content (AvgIpc) is 3.00. The van der Waals surface area contributed by atoms with Gasteiger partial charge >= 0.3 is 6.09 Å². The maximum atomic E-state index is 13.4. The molecular formula is C23H27NO3. The van der Waals surface area contributed by atoms with Gasteiger partial charge in [-0.2, -0.15) is 0 Å². The molecule has 2 aromatic carbocycles. The molecule has 27 heavy (non-hydrogen) atoms. The SMILES string of the molecule is CC(C)(C)[C@H](Cc1ccccc1)C(=O)N1C(=O)OC[C@@H]1Cc1ccccc1. The van der Waals surface area contributed by atoms with Crippen LogP contribution in [0.2, 0.25) is 0 Å². The molecular weight excluding hydrogens is 338 g/mol. The smallest absolute Gasteiger partial charge is 0.416 e. The Kier molecular flexibility index (Phi) is 5.64. The highest BCUT2D eigenvalue weighted by Crippen LogP contribution is 2.33. The lowest BCUT2D eigenvalue weighted by molar-refractivity contribution is -0.136. The first-order valence-corrected chi connectivity index (χ1v) is 9.44. The number of benzene rings is 2. The maximum absolute atomic E-state index is 13.4. The zero-order valence-electron chi connectivity index (χ0n) is 16.2. The summed E-state index contributed by atoms with van der Waals surface area (Å²) in [5.41, 5.74) is 1.92. The lowest BCUT2D eigenvalue weighted by Gasteiger charge is -2.33. The topological polar surface area (TPSA) is 46.6 Å². The van der Waals surface area contributed by atoms with Crippen LogP contribution < -0.4 is 0 Å². The van der Waals surface area contributed by atoms with E-state index in [1.807, 2.05) is 81.4 Å². The number of rotatable bonds is 5. The Balaban J connectivity index is 1.83. The molecule has 1 fully saturated rings. The van der Waals surface area contributed by atoms with Gasteiger partial charge in [0.2, 0.25) is 5.91 Å². The number of carbonyl (C=O) groups excluding carboxylic acids is 2. The molecule has 0 aliphatic carbocycles. The Morgan fingerprint density at radius 3 is 2.15 bits per heavy atom. The first-order valence-electron chi connectivity index (χ1n) is 9.44. The molecule has 1 aliphatic rings. The highest BCUT2D eigenvalue weighted by atomic mass is 16.6. The van der Waals surface area contributed by atoms with Gasteiger partial charge in [0.15, 0.2) is 0 Å². The van der Waals surface area contributed by atoms with Gasteiger partial charge < -0.3 is 4.74 Å². The molecule has 0 aromatic heterocycles. The lowest BCUT2D eigenvalue weighted by Crippen LogP contribution is -2.47. The highest BCUT2D eigenvalue weighted by Gasteiger charge is 2.43. The van der Waals surface area contributed by atoms with Crippen LogP contribution in [0, 0.1) is 11.3 Å². The summed E-state index contributed by atoms with van der Waals surface area (Å²) in [6, 6.07) is 19.6. The van der Waals surface area contributed by atoms with Gasteiger partial charge in [-0.3, -0.25) is 4.79 Å². The van der Waals surface area contributed by atoms with Crippen molar-refractivity contribution in [3.63, 3.8) is 0 Å². The fourth-order valence-corrected chi connectivity index (χ4v) is 3.55. The van der Waals surface area contributed by atoms with Crippen molar-refractivity contribution in [1.29, 1.82) is 0 Å². The van der Waals surface area contributed by atoms with Crippen LogP contribution in [-0.2, 0) is 22.4 Å². The van der Waals surface area contributed by atoms with Gasteiger partial charge in [-0.05, 0) is 29.4 Å². The van der Waals surface area contributed by atoms with Crippen molar-refractivity contribution in [3.8, 4) is 0 Å². The van der Waals surface area contributed by atoms with Gasteiger partial charge in [0, 0.05) is 5.92 Å². The number of imide groups is 1. The average molecular weight is 365 g/mol. The molecule has 2 aromatic rings. The number of cyclic esters (lactones) is 1. The summed E-state index contributed by atoms with van der Waals surface area (Å²) < 4.78 is 5.25. The fraction of sp³-hybridized carbons (Fsp3) is 0.391. The largest absolute Gasteiger partial charge is 0.447 e. The minimum atomic E-state index is -0.525. The Morgan fingerprint density at radius 1 is 1.04 bits per heavy atom. The highest BCUT2D eigenvalue weighted by molar-refractivity contribution is 5.95. The first-order chi connectivity index (χ1) is 12.9. The Labute approximate surface area is 161 Å². The fourth-order valence-electron chi connectivity index (χ4n) is 3.55. The second-order valence-electron chi connectivity index (χ2n) is 8.24. The zero-order chi connectivity index (χ0) is 19.4. The van der Waals surface area contributed by atoms with Crippen molar-refractivity contribution in [2.45, 2.75) is 39.7 Å². The summed E-state index contributed by atoms with van der Waals surface area (Å²) in [6.07, 6.45) is 0.689. The summed E-state index contributed by atoms with van der Waals surface area (Å²) in [7, 11) is 0. The molecule has 0 saturated carbocycles. The van der Waals surface area contributed by atoms with Crippen molar-refractivity contribution >= 4 is 12.0 Å². The van der Waals surface area contributed by atoms with Gasteiger partial charge in [-0.15, -0.1) is 0 Å². The van der Waals surface area contributed by atoms with Gasteiger partial charge in [0.25, 0.3) is 0 Å². The van der Waals surface area contributed by atoms with E-state index in [0.717, 1.165) is 11.1 Å². The minimum absolute atomic E-state index is 0.144. The minimum Gasteiger partial charge on any atom is -0.447 e. The quantitative estimate of drug-likeness (QED) is 0.785. The van der Waals surface area contributed by atoms with Crippen LogP contribution in [0.15, 0.2) is 60.7 Å². The van der Waals surface area contributed by atoms with E-state index in [2.05, 4.69) is 0 Å².